The Morgan fingerprint density at radius 3 is 2.29 bits per heavy atom. The average molecular weight is 347 g/mol. The van der Waals surface area contributed by atoms with E-state index < -0.39 is 0 Å². The maximum absolute atomic E-state index is 3.90. The van der Waals surface area contributed by atoms with Crippen LogP contribution in [0.3, 0.4) is 0 Å². The summed E-state index contributed by atoms with van der Waals surface area (Å²) in [4.78, 5) is 0.485. The van der Waals surface area contributed by atoms with E-state index in [4.69, 9.17) is 0 Å². The molecule has 0 spiro atoms. The summed E-state index contributed by atoms with van der Waals surface area (Å²) in [6, 6.07) is 15.3. The summed E-state index contributed by atoms with van der Waals surface area (Å²) in [7, 11) is 0. The predicted octanol–water partition coefficient (Wildman–Crippen LogP) is 7.42. The zero-order valence-electron chi connectivity index (χ0n) is 13.2. The molecule has 0 aliphatic heterocycles. The van der Waals surface area contributed by atoms with Crippen LogP contribution in [0, 0.1) is 0 Å². The molecular weight excluding hydrogens is 320 g/mol. The van der Waals surface area contributed by atoms with Crippen LogP contribution in [0.5, 0.6) is 0 Å². The third kappa shape index (κ3) is 5.14. The summed E-state index contributed by atoms with van der Waals surface area (Å²) >= 11 is 3.90. The number of rotatable bonds is 9. The van der Waals surface area contributed by atoms with E-state index in [9.17, 15) is 0 Å². The first kappa shape index (κ1) is 16.5. The number of hydrogen-bond acceptors (Lipinski definition) is 0. The van der Waals surface area contributed by atoms with Crippen LogP contribution in [0.15, 0.2) is 42.5 Å². The van der Waals surface area contributed by atoms with Crippen molar-refractivity contribution in [2.24, 2.45) is 0 Å². The van der Waals surface area contributed by atoms with Crippen LogP contribution in [0.25, 0.3) is 10.8 Å². The molecule has 0 aliphatic carbocycles. The Bertz CT molecular complexity index is 527. The first-order valence-electron chi connectivity index (χ1n) is 8.44. The number of fused-ring (bicyclic) bond motifs is 1. The van der Waals surface area contributed by atoms with Crippen LogP contribution >= 0.6 is 15.9 Å². The number of benzene rings is 2. The van der Waals surface area contributed by atoms with Crippen molar-refractivity contribution < 1.29 is 0 Å². The van der Waals surface area contributed by atoms with Gasteiger partial charge in [-0.1, -0.05) is 110 Å². The second kappa shape index (κ2) is 9.25. The molecule has 0 nitrogen and oxygen atoms in total. The molecule has 0 heterocycles. The largest absolute Gasteiger partial charge is 0.0839 e. The van der Waals surface area contributed by atoms with Crippen molar-refractivity contribution in [2.75, 3.05) is 0 Å². The van der Waals surface area contributed by atoms with E-state index >= 15 is 0 Å². The Morgan fingerprint density at radius 2 is 1.48 bits per heavy atom. The lowest BCUT2D eigenvalue weighted by Gasteiger charge is -2.13. The third-order valence-corrected chi connectivity index (χ3v) is 5.17. The molecule has 0 saturated heterocycles. The monoisotopic (exact) mass is 346 g/mol. The second-order valence-electron chi connectivity index (χ2n) is 5.95. The van der Waals surface area contributed by atoms with Crippen LogP contribution < -0.4 is 0 Å². The number of alkyl halides is 1. The van der Waals surface area contributed by atoms with Crippen molar-refractivity contribution in [3.05, 3.63) is 48.0 Å². The van der Waals surface area contributed by atoms with Gasteiger partial charge in [0.05, 0.1) is 0 Å². The summed E-state index contributed by atoms with van der Waals surface area (Å²) < 4.78 is 0. The van der Waals surface area contributed by atoms with E-state index in [0.29, 0.717) is 4.83 Å². The van der Waals surface area contributed by atoms with Crippen LogP contribution in [0.4, 0.5) is 0 Å². The minimum atomic E-state index is 0.485. The summed E-state index contributed by atoms with van der Waals surface area (Å²) in [5.74, 6) is 0. The smallest absolute Gasteiger partial charge is 0.0401 e. The van der Waals surface area contributed by atoms with Crippen LogP contribution in [-0.4, -0.2) is 0 Å². The van der Waals surface area contributed by atoms with Gasteiger partial charge in [-0.15, -0.1) is 0 Å². The van der Waals surface area contributed by atoms with Gasteiger partial charge in [-0.25, -0.2) is 0 Å². The molecule has 1 atom stereocenters. The van der Waals surface area contributed by atoms with Gasteiger partial charge in [0.25, 0.3) is 0 Å². The van der Waals surface area contributed by atoms with E-state index in [-0.39, 0.29) is 0 Å². The van der Waals surface area contributed by atoms with Gasteiger partial charge < -0.3 is 0 Å². The Kier molecular flexibility index (Phi) is 7.29. The van der Waals surface area contributed by atoms with Crippen LogP contribution in [-0.2, 0) is 0 Å². The molecule has 114 valence electrons. The molecule has 0 N–H and O–H groups in total. The van der Waals surface area contributed by atoms with Crippen molar-refractivity contribution in [1.82, 2.24) is 0 Å². The molecule has 0 aliphatic rings. The fourth-order valence-electron chi connectivity index (χ4n) is 2.96. The van der Waals surface area contributed by atoms with Crippen molar-refractivity contribution in [1.29, 1.82) is 0 Å². The molecule has 2 rings (SSSR count). The lowest BCUT2D eigenvalue weighted by molar-refractivity contribution is 0.575. The zero-order valence-corrected chi connectivity index (χ0v) is 14.7. The van der Waals surface area contributed by atoms with Gasteiger partial charge in [-0.3, -0.25) is 0 Å². The highest BCUT2D eigenvalue weighted by Crippen LogP contribution is 2.33. The maximum Gasteiger partial charge on any atom is 0.0401 e. The summed E-state index contributed by atoms with van der Waals surface area (Å²) in [6.07, 6.45) is 10.9. The van der Waals surface area contributed by atoms with Crippen LogP contribution in [0.1, 0.15) is 68.7 Å². The predicted molar refractivity (Wildman–Crippen MR) is 98.2 cm³/mol. The van der Waals surface area contributed by atoms with E-state index in [1.807, 2.05) is 0 Å². The minimum absolute atomic E-state index is 0.485. The standard InChI is InChI=1S/C20H27Br/c1-2-3-4-5-6-7-8-16-20(21)19-15-11-13-17-12-9-10-14-18(17)19/h9-15,20H,2-8,16H2,1H3. The highest BCUT2D eigenvalue weighted by Gasteiger charge is 2.10. The molecular formula is C20H27Br. The lowest BCUT2D eigenvalue weighted by Crippen LogP contribution is -1.92. The van der Waals surface area contributed by atoms with Gasteiger partial charge in [-0.2, -0.15) is 0 Å². The molecule has 1 unspecified atom stereocenters. The highest BCUT2D eigenvalue weighted by atomic mass is 79.9. The van der Waals surface area contributed by atoms with Gasteiger partial charge in [0.1, 0.15) is 0 Å². The molecule has 21 heavy (non-hydrogen) atoms. The van der Waals surface area contributed by atoms with E-state index in [0.717, 1.165) is 0 Å². The van der Waals surface area contributed by atoms with Gasteiger partial charge in [0.15, 0.2) is 0 Å². The second-order valence-corrected chi connectivity index (χ2v) is 7.05. The first-order valence-corrected chi connectivity index (χ1v) is 9.36. The van der Waals surface area contributed by atoms with Gasteiger partial charge >= 0.3 is 0 Å². The van der Waals surface area contributed by atoms with Gasteiger partial charge in [-0.05, 0) is 22.8 Å². The molecule has 2 aromatic carbocycles. The minimum Gasteiger partial charge on any atom is -0.0839 e. The molecule has 2 aromatic rings. The topological polar surface area (TPSA) is 0 Å². The first-order chi connectivity index (χ1) is 10.3. The molecule has 0 radical (unpaired) electrons. The molecule has 0 aromatic heterocycles. The SMILES string of the molecule is CCCCCCCCCC(Br)c1cccc2ccccc12. The van der Waals surface area contributed by atoms with E-state index in [1.165, 1.54) is 67.7 Å². The molecule has 1 heteroatoms. The fraction of sp³-hybridized carbons (Fsp3) is 0.500. The van der Waals surface area contributed by atoms with Crippen molar-refractivity contribution >= 4 is 26.7 Å². The van der Waals surface area contributed by atoms with Crippen molar-refractivity contribution in [3.63, 3.8) is 0 Å². The summed E-state index contributed by atoms with van der Waals surface area (Å²) in [5.41, 5.74) is 1.44. The van der Waals surface area contributed by atoms with Crippen LogP contribution in [0.2, 0.25) is 0 Å². The molecule has 0 fully saturated rings. The summed E-state index contributed by atoms with van der Waals surface area (Å²) in [6.45, 7) is 2.28. The molecule has 0 saturated carbocycles. The summed E-state index contributed by atoms with van der Waals surface area (Å²) in [5, 5.41) is 2.74. The average Bonchev–Trinajstić information content (AvgIpc) is 2.53. The zero-order chi connectivity index (χ0) is 14.9. The number of unbranched alkanes of at least 4 members (excludes halogenated alkanes) is 6. The van der Waals surface area contributed by atoms with E-state index in [1.54, 1.807) is 0 Å². The Balaban J connectivity index is 1.81. The lowest BCUT2D eigenvalue weighted by atomic mass is 9.99. The number of halogens is 1. The van der Waals surface area contributed by atoms with Gasteiger partial charge in [0.2, 0.25) is 0 Å². The van der Waals surface area contributed by atoms with Crippen molar-refractivity contribution in [2.45, 2.75) is 63.1 Å². The quantitative estimate of drug-likeness (QED) is 0.327. The number of hydrogen-bond donors (Lipinski definition) is 0. The normalized spacial score (nSPS) is 12.7. The molecule has 0 amide bonds. The third-order valence-electron chi connectivity index (χ3n) is 4.22. The Hall–Kier alpha value is -0.820. The Morgan fingerprint density at radius 1 is 0.810 bits per heavy atom. The Labute approximate surface area is 138 Å². The maximum atomic E-state index is 3.90. The molecule has 0 bridgehead atoms. The highest BCUT2D eigenvalue weighted by molar-refractivity contribution is 9.09. The van der Waals surface area contributed by atoms with E-state index in [2.05, 4.69) is 65.3 Å². The van der Waals surface area contributed by atoms with Gasteiger partial charge in [0, 0.05) is 4.83 Å². The van der Waals surface area contributed by atoms with Crippen molar-refractivity contribution in [3.8, 4) is 0 Å². The fourth-order valence-corrected chi connectivity index (χ4v) is 3.68.